The molecular weight excluding hydrogens is 295 g/mol. The lowest BCUT2D eigenvalue weighted by Crippen LogP contribution is -2.26. The van der Waals surface area contributed by atoms with Crippen molar-refractivity contribution in [3.05, 3.63) is 23.8 Å². The fraction of sp³-hybridized carbons (Fsp3) is 0.625. The van der Waals surface area contributed by atoms with Crippen LogP contribution in [0.3, 0.4) is 0 Å². The Bertz CT molecular complexity index is 483. The summed E-state index contributed by atoms with van der Waals surface area (Å²) in [7, 11) is 0. The Labute approximate surface area is 128 Å². The Morgan fingerprint density at radius 3 is 2.45 bits per heavy atom. The van der Waals surface area contributed by atoms with Gasteiger partial charge in [0.25, 0.3) is 0 Å². The first kappa shape index (κ1) is 16.9. The van der Waals surface area contributed by atoms with Crippen LogP contribution in [-0.2, 0) is 0 Å². The maximum Gasteiger partial charge on any atom is 0.573 e. The Morgan fingerprint density at radius 2 is 1.86 bits per heavy atom. The van der Waals surface area contributed by atoms with Gasteiger partial charge in [-0.3, -0.25) is 0 Å². The van der Waals surface area contributed by atoms with Crippen LogP contribution in [0.2, 0.25) is 0 Å². The van der Waals surface area contributed by atoms with Gasteiger partial charge in [-0.25, -0.2) is 0 Å². The fourth-order valence-electron chi connectivity index (χ4n) is 2.51. The quantitative estimate of drug-likeness (QED) is 0.887. The summed E-state index contributed by atoms with van der Waals surface area (Å²) in [6.45, 7) is 6.09. The number of rotatable bonds is 5. The summed E-state index contributed by atoms with van der Waals surface area (Å²) in [6, 6.07) is 4.76. The van der Waals surface area contributed by atoms with Gasteiger partial charge in [-0.2, -0.15) is 0 Å². The summed E-state index contributed by atoms with van der Waals surface area (Å²) in [5, 5.41) is 3.28. The molecule has 1 heterocycles. The highest BCUT2D eigenvalue weighted by molar-refractivity contribution is 5.44. The largest absolute Gasteiger partial charge is 0.573 e. The minimum Gasteiger partial charge on any atom is -0.489 e. The van der Waals surface area contributed by atoms with Crippen LogP contribution in [0.4, 0.5) is 13.2 Å². The Kier molecular flexibility index (Phi) is 5.56. The molecule has 0 spiro atoms. The Balaban J connectivity index is 2.21. The number of alkyl halides is 3. The maximum absolute atomic E-state index is 12.5. The Morgan fingerprint density at radius 1 is 1.18 bits per heavy atom. The number of nitrogens with one attached hydrogen (secondary N) is 1. The minimum atomic E-state index is -4.72. The smallest absolute Gasteiger partial charge is 0.489 e. The second-order valence-corrected chi connectivity index (χ2v) is 5.98. The molecule has 22 heavy (non-hydrogen) atoms. The Hall–Kier alpha value is -1.43. The van der Waals surface area contributed by atoms with Crippen molar-refractivity contribution in [3.63, 3.8) is 0 Å². The third kappa shape index (κ3) is 5.09. The van der Waals surface area contributed by atoms with E-state index in [2.05, 4.69) is 10.1 Å². The first-order valence-corrected chi connectivity index (χ1v) is 7.58. The molecule has 0 radical (unpaired) electrons. The van der Waals surface area contributed by atoms with E-state index in [4.69, 9.17) is 4.74 Å². The summed E-state index contributed by atoms with van der Waals surface area (Å²) < 4.78 is 47.1. The molecule has 0 unspecified atom stereocenters. The van der Waals surface area contributed by atoms with E-state index in [1.165, 1.54) is 6.07 Å². The van der Waals surface area contributed by atoms with Crippen molar-refractivity contribution in [2.24, 2.45) is 5.92 Å². The van der Waals surface area contributed by atoms with Crippen LogP contribution < -0.4 is 14.8 Å². The summed E-state index contributed by atoms with van der Waals surface area (Å²) >= 11 is 0. The number of halogens is 3. The van der Waals surface area contributed by atoms with E-state index in [9.17, 15) is 13.2 Å². The lowest BCUT2D eigenvalue weighted by Gasteiger charge is -2.24. The number of hydrogen-bond donors (Lipinski definition) is 1. The first-order valence-electron chi connectivity index (χ1n) is 7.58. The first-order chi connectivity index (χ1) is 10.3. The zero-order chi connectivity index (χ0) is 16.2. The van der Waals surface area contributed by atoms with Gasteiger partial charge in [-0.1, -0.05) is 19.9 Å². The average molecular weight is 317 g/mol. The molecular formula is C16H22F3NO2. The van der Waals surface area contributed by atoms with Gasteiger partial charge < -0.3 is 14.8 Å². The van der Waals surface area contributed by atoms with Gasteiger partial charge in [0.15, 0.2) is 11.5 Å². The lowest BCUT2D eigenvalue weighted by molar-refractivity contribution is -0.275. The van der Waals surface area contributed by atoms with Crippen LogP contribution in [0.15, 0.2) is 18.2 Å². The second kappa shape index (κ2) is 7.22. The SMILES string of the molecule is CC(C)COc1cc(C2CCNCC2)ccc1OC(F)(F)F. The van der Waals surface area contributed by atoms with E-state index in [0.717, 1.165) is 31.5 Å². The van der Waals surface area contributed by atoms with Gasteiger partial charge >= 0.3 is 6.36 Å². The molecule has 124 valence electrons. The molecule has 2 rings (SSSR count). The molecule has 1 N–H and O–H groups in total. The van der Waals surface area contributed by atoms with Crippen molar-refractivity contribution >= 4 is 0 Å². The van der Waals surface area contributed by atoms with Crippen molar-refractivity contribution in [2.75, 3.05) is 19.7 Å². The topological polar surface area (TPSA) is 30.5 Å². The van der Waals surface area contributed by atoms with Crippen LogP contribution in [-0.4, -0.2) is 26.1 Å². The zero-order valence-corrected chi connectivity index (χ0v) is 12.9. The standard InChI is InChI=1S/C16H22F3NO2/c1-11(2)10-21-15-9-13(12-5-7-20-8-6-12)3-4-14(15)22-16(17,18)19/h3-4,9,11-12,20H,5-8,10H2,1-2H3. The molecule has 0 aliphatic carbocycles. The van der Waals surface area contributed by atoms with Crippen LogP contribution >= 0.6 is 0 Å². The maximum atomic E-state index is 12.5. The third-order valence-electron chi connectivity index (χ3n) is 3.58. The zero-order valence-electron chi connectivity index (χ0n) is 12.9. The van der Waals surface area contributed by atoms with E-state index >= 15 is 0 Å². The van der Waals surface area contributed by atoms with Gasteiger partial charge in [0.2, 0.25) is 0 Å². The molecule has 0 saturated carbocycles. The molecule has 1 fully saturated rings. The average Bonchev–Trinajstić information content (AvgIpc) is 2.45. The van der Waals surface area contributed by atoms with Crippen molar-refractivity contribution in [1.29, 1.82) is 0 Å². The van der Waals surface area contributed by atoms with E-state index in [1.54, 1.807) is 12.1 Å². The summed E-state index contributed by atoms with van der Waals surface area (Å²) in [5.41, 5.74) is 1.01. The van der Waals surface area contributed by atoms with E-state index in [1.807, 2.05) is 13.8 Å². The number of hydrogen-bond acceptors (Lipinski definition) is 3. The van der Waals surface area contributed by atoms with Gasteiger partial charge in [-0.05, 0) is 55.5 Å². The molecule has 1 aromatic carbocycles. The molecule has 1 aliphatic rings. The molecule has 1 aromatic rings. The van der Waals surface area contributed by atoms with Crippen LogP contribution in [0, 0.1) is 5.92 Å². The third-order valence-corrected chi connectivity index (χ3v) is 3.58. The van der Waals surface area contributed by atoms with Gasteiger partial charge in [-0.15, -0.1) is 13.2 Å². The van der Waals surface area contributed by atoms with Gasteiger partial charge in [0.1, 0.15) is 0 Å². The molecule has 0 aromatic heterocycles. The highest BCUT2D eigenvalue weighted by atomic mass is 19.4. The van der Waals surface area contributed by atoms with E-state index in [0.29, 0.717) is 12.5 Å². The monoisotopic (exact) mass is 317 g/mol. The van der Waals surface area contributed by atoms with Crippen LogP contribution in [0.5, 0.6) is 11.5 Å². The molecule has 0 amide bonds. The van der Waals surface area contributed by atoms with Gasteiger partial charge in [0.05, 0.1) is 6.61 Å². The van der Waals surface area contributed by atoms with Gasteiger partial charge in [0, 0.05) is 0 Å². The lowest BCUT2D eigenvalue weighted by atomic mass is 9.90. The van der Waals surface area contributed by atoms with Crippen molar-refractivity contribution in [2.45, 2.75) is 39.0 Å². The van der Waals surface area contributed by atoms with Crippen molar-refractivity contribution in [1.82, 2.24) is 5.32 Å². The van der Waals surface area contributed by atoms with E-state index in [-0.39, 0.29) is 17.4 Å². The highest BCUT2D eigenvalue weighted by Gasteiger charge is 2.32. The van der Waals surface area contributed by atoms with E-state index < -0.39 is 6.36 Å². The summed E-state index contributed by atoms with van der Waals surface area (Å²) in [5.74, 6) is 0.469. The fourth-order valence-corrected chi connectivity index (χ4v) is 2.51. The highest BCUT2D eigenvalue weighted by Crippen LogP contribution is 2.36. The predicted octanol–water partition coefficient (Wildman–Crippen LogP) is 4.09. The minimum absolute atomic E-state index is 0.169. The molecule has 0 bridgehead atoms. The molecule has 3 nitrogen and oxygen atoms in total. The summed E-state index contributed by atoms with van der Waals surface area (Å²) in [6.07, 6.45) is -2.77. The summed E-state index contributed by atoms with van der Waals surface area (Å²) in [4.78, 5) is 0. The molecule has 0 atom stereocenters. The molecule has 1 aliphatic heterocycles. The number of ether oxygens (including phenoxy) is 2. The molecule has 1 saturated heterocycles. The number of benzene rings is 1. The normalized spacial score (nSPS) is 16.8. The number of piperidine rings is 1. The molecule has 6 heteroatoms. The second-order valence-electron chi connectivity index (χ2n) is 5.98. The van der Waals surface area contributed by atoms with Crippen LogP contribution in [0.25, 0.3) is 0 Å². The van der Waals surface area contributed by atoms with Crippen LogP contribution in [0.1, 0.15) is 38.2 Å². The van der Waals surface area contributed by atoms with Crippen molar-refractivity contribution in [3.8, 4) is 11.5 Å². The van der Waals surface area contributed by atoms with Crippen molar-refractivity contribution < 1.29 is 22.6 Å². The predicted molar refractivity (Wildman–Crippen MR) is 78.3 cm³/mol.